The molecular weight excluding hydrogens is 206 g/mol. The van der Waals surface area contributed by atoms with E-state index in [-0.39, 0.29) is 11.0 Å². The minimum absolute atomic E-state index is 0. The highest BCUT2D eigenvalue weighted by atomic mass is 32.2. The van der Waals surface area contributed by atoms with E-state index >= 15 is 0 Å². The largest absolute Gasteiger partial charge is 0.744 e. The van der Waals surface area contributed by atoms with Crippen molar-refractivity contribution in [3.8, 4) is 5.75 Å². The van der Waals surface area contributed by atoms with Gasteiger partial charge in [0.15, 0.2) is 0 Å². The van der Waals surface area contributed by atoms with Crippen molar-refractivity contribution in [3.05, 3.63) is 23.8 Å². The lowest BCUT2D eigenvalue weighted by molar-refractivity contribution is 0.412. The molecule has 1 rings (SSSR count). The highest BCUT2D eigenvalue weighted by molar-refractivity contribution is 7.85. The van der Waals surface area contributed by atoms with Gasteiger partial charge in [0.2, 0.25) is 0 Å². The van der Waals surface area contributed by atoms with Gasteiger partial charge in [0.05, 0.1) is 12.0 Å². The average molecular weight is 219 g/mol. The van der Waals surface area contributed by atoms with Crippen molar-refractivity contribution < 1.29 is 17.7 Å². The van der Waals surface area contributed by atoms with E-state index < -0.39 is 10.1 Å². The Balaban J connectivity index is 0.00000169. The molecular formula is C8H13NO4S. The van der Waals surface area contributed by atoms with Gasteiger partial charge in [-0.15, -0.1) is 0 Å². The van der Waals surface area contributed by atoms with E-state index in [1.165, 1.54) is 19.2 Å². The molecule has 0 fully saturated rings. The van der Waals surface area contributed by atoms with Crippen LogP contribution < -0.4 is 10.9 Å². The summed E-state index contributed by atoms with van der Waals surface area (Å²) in [4.78, 5) is -0.230. The van der Waals surface area contributed by atoms with Gasteiger partial charge < -0.3 is 15.4 Å². The molecule has 0 aliphatic rings. The maximum Gasteiger partial charge on any atom is 0.124 e. The Morgan fingerprint density at radius 1 is 1.36 bits per heavy atom. The number of ether oxygens (including phenoxy) is 1. The summed E-state index contributed by atoms with van der Waals surface area (Å²) in [5.74, 6) is 0.361. The minimum Gasteiger partial charge on any atom is -0.744 e. The normalized spacial score (nSPS) is 10.5. The maximum absolute atomic E-state index is 10.7. The lowest BCUT2D eigenvalue weighted by atomic mass is 10.2. The minimum atomic E-state index is -4.40. The van der Waals surface area contributed by atoms with Crippen LogP contribution in [0.1, 0.15) is 5.56 Å². The quantitative estimate of drug-likeness (QED) is 0.756. The van der Waals surface area contributed by atoms with Gasteiger partial charge in [0.25, 0.3) is 0 Å². The van der Waals surface area contributed by atoms with Crippen LogP contribution in [0.5, 0.6) is 5.75 Å². The fourth-order valence-electron chi connectivity index (χ4n) is 0.977. The van der Waals surface area contributed by atoms with Crippen molar-refractivity contribution in [2.45, 2.75) is 11.8 Å². The molecule has 6 heteroatoms. The Morgan fingerprint density at radius 2 is 1.93 bits per heavy atom. The van der Waals surface area contributed by atoms with Crippen molar-refractivity contribution in [2.24, 2.45) is 0 Å². The monoisotopic (exact) mass is 219 g/mol. The fraction of sp³-hybridized carbons (Fsp3) is 0.250. The molecule has 0 saturated carbocycles. The molecule has 0 aliphatic carbocycles. The molecule has 0 radical (unpaired) electrons. The molecule has 80 valence electrons. The van der Waals surface area contributed by atoms with Crippen LogP contribution in [-0.4, -0.2) is 20.1 Å². The van der Waals surface area contributed by atoms with Crippen LogP contribution in [0.2, 0.25) is 0 Å². The van der Waals surface area contributed by atoms with Gasteiger partial charge in [-0.25, -0.2) is 8.42 Å². The van der Waals surface area contributed by atoms with Crippen molar-refractivity contribution in [1.82, 2.24) is 6.15 Å². The summed E-state index contributed by atoms with van der Waals surface area (Å²) in [6, 6.07) is 4.35. The molecule has 1 aromatic carbocycles. The Kier molecular flexibility index (Phi) is 4.06. The second-order valence-electron chi connectivity index (χ2n) is 2.59. The zero-order valence-corrected chi connectivity index (χ0v) is 9.09. The predicted octanol–water partition coefficient (Wildman–Crippen LogP) is 1.28. The summed E-state index contributed by atoms with van der Waals surface area (Å²) in [5.41, 5.74) is 0.427. The molecule has 14 heavy (non-hydrogen) atoms. The van der Waals surface area contributed by atoms with Crippen LogP contribution in [0, 0.1) is 6.92 Å². The predicted molar refractivity (Wildman–Crippen MR) is 51.7 cm³/mol. The Bertz CT molecular complexity index is 413. The average Bonchev–Trinajstić information content (AvgIpc) is 2.03. The summed E-state index contributed by atoms with van der Waals surface area (Å²) in [5, 5.41) is 0. The third kappa shape index (κ3) is 2.69. The summed E-state index contributed by atoms with van der Waals surface area (Å²) >= 11 is 0. The van der Waals surface area contributed by atoms with Crippen LogP contribution in [0.3, 0.4) is 0 Å². The second kappa shape index (κ2) is 4.41. The van der Waals surface area contributed by atoms with Crippen molar-refractivity contribution in [3.63, 3.8) is 0 Å². The van der Waals surface area contributed by atoms with Crippen LogP contribution in [0.4, 0.5) is 0 Å². The number of quaternary nitrogens is 1. The first-order valence-corrected chi connectivity index (χ1v) is 4.96. The van der Waals surface area contributed by atoms with Crippen LogP contribution in [0.15, 0.2) is 23.1 Å². The molecule has 0 unspecified atom stereocenters. The number of benzene rings is 1. The highest BCUT2D eigenvalue weighted by Crippen LogP contribution is 2.20. The third-order valence-electron chi connectivity index (χ3n) is 1.66. The number of rotatable bonds is 2. The topological polar surface area (TPSA) is 103 Å². The van der Waals surface area contributed by atoms with Gasteiger partial charge >= 0.3 is 0 Å². The van der Waals surface area contributed by atoms with E-state index in [2.05, 4.69) is 0 Å². The molecule has 5 nitrogen and oxygen atoms in total. The number of aryl methyl sites for hydroxylation is 1. The van der Waals surface area contributed by atoms with Gasteiger partial charge in [0, 0.05) is 0 Å². The fourth-order valence-corrected chi connectivity index (χ4v) is 1.70. The van der Waals surface area contributed by atoms with E-state index in [0.29, 0.717) is 11.3 Å². The summed E-state index contributed by atoms with van der Waals surface area (Å²) in [6.45, 7) is 1.56. The molecule has 0 aliphatic heterocycles. The van der Waals surface area contributed by atoms with Gasteiger partial charge in [0.1, 0.15) is 15.9 Å². The van der Waals surface area contributed by atoms with Crippen LogP contribution >= 0.6 is 0 Å². The second-order valence-corrected chi connectivity index (χ2v) is 3.93. The SMILES string of the molecule is COc1ccc(C)c(S(=O)(=O)[O-])c1.[NH4+]. The van der Waals surface area contributed by atoms with Crippen LogP contribution in [-0.2, 0) is 10.1 Å². The van der Waals surface area contributed by atoms with Gasteiger partial charge in [-0.3, -0.25) is 0 Å². The Labute approximate surface area is 83.0 Å². The van der Waals surface area contributed by atoms with Gasteiger partial charge in [-0.2, -0.15) is 0 Å². The summed E-state index contributed by atoms with van der Waals surface area (Å²) in [6.07, 6.45) is 0. The van der Waals surface area contributed by atoms with E-state index in [9.17, 15) is 13.0 Å². The first kappa shape index (κ1) is 12.9. The molecule has 0 amide bonds. The van der Waals surface area contributed by atoms with Crippen molar-refractivity contribution >= 4 is 10.1 Å². The van der Waals surface area contributed by atoms with Gasteiger partial charge in [-0.1, -0.05) is 6.07 Å². The zero-order chi connectivity index (χ0) is 10.1. The number of methoxy groups -OCH3 is 1. The highest BCUT2D eigenvalue weighted by Gasteiger charge is 2.06. The lowest BCUT2D eigenvalue weighted by Crippen LogP contribution is -2.01. The Hall–Kier alpha value is -1.11. The summed E-state index contributed by atoms with van der Waals surface area (Å²) in [7, 11) is -2.99. The van der Waals surface area contributed by atoms with Crippen molar-refractivity contribution in [1.29, 1.82) is 0 Å². The van der Waals surface area contributed by atoms with E-state index in [1.54, 1.807) is 13.0 Å². The van der Waals surface area contributed by atoms with Gasteiger partial charge in [-0.05, 0) is 24.6 Å². The number of hydrogen-bond acceptors (Lipinski definition) is 4. The third-order valence-corrected chi connectivity index (χ3v) is 2.64. The number of hydrogen-bond donors (Lipinski definition) is 1. The molecule has 0 spiro atoms. The van der Waals surface area contributed by atoms with Crippen LogP contribution in [0.25, 0.3) is 0 Å². The standard InChI is InChI=1S/C8H10O4S.H3N/c1-6-3-4-7(12-2)5-8(6)13(9,10)11;/h3-5H,1-2H3,(H,9,10,11);1H3. The molecule has 0 aromatic heterocycles. The maximum atomic E-state index is 10.7. The summed E-state index contributed by atoms with van der Waals surface area (Å²) < 4.78 is 36.9. The Morgan fingerprint density at radius 3 is 2.36 bits per heavy atom. The molecule has 0 atom stereocenters. The van der Waals surface area contributed by atoms with E-state index in [1.807, 2.05) is 0 Å². The molecule has 0 heterocycles. The smallest absolute Gasteiger partial charge is 0.124 e. The van der Waals surface area contributed by atoms with Crippen molar-refractivity contribution in [2.75, 3.05) is 7.11 Å². The first-order valence-electron chi connectivity index (χ1n) is 3.55. The molecule has 1 aromatic rings. The zero-order valence-electron chi connectivity index (χ0n) is 8.27. The molecule has 0 bridgehead atoms. The van der Waals surface area contributed by atoms with E-state index in [0.717, 1.165) is 0 Å². The molecule has 0 saturated heterocycles. The lowest BCUT2D eigenvalue weighted by Gasteiger charge is -2.11. The molecule has 4 N–H and O–H groups in total. The van der Waals surface area contributed by atoms with E-state index in [4.69, 9.17) is 4.74 Å². The first-order chi connectivity index (χ1) is 5.95.